The number of nitrogens with one attached hydrogen (secondary N) is 1. The summed E-state index contributed by atoms with van der Waals surface area (Å²) in [6.45, 7) is 1.98. The molecular formula is C11H14NO3+. The van der Waals surface area contributed by atoms with Crippen LogP contribution in [0.25, 0.3) is 0 Å². The van der Waals surface area contributed by atoms with Gasteiger partial charge in [0.2, 0.25) is 6.79 Å². The molecule has 15 heavy (non-hydrogen) atoms. The Balaban J connectivity index is 2.09. The lowest BCUT2D eigenvalue weighted by Gasteiger charge is -2.26. The largest absolute Gasteiger partial charge is 0.454 e. The van der Waals surface area contributed by atoms with Crippen LogP contribution in [0.3, 0.4) is 0 Å². The van der Waals surface area contributed by atoms with Gasteiger partial charge in [0.1, 0.15) is 19.2 Å². The lowest BCUT2D eigenvalue weighted by molar-refractivity contribution is -0.900. The Morgan fingerprint density at radius 2 is 2.07 bits per heavy atom. The van der Waals surface area contributed by atoms with Crippen molar-refractivity contribution < 1.29 is 19.5 Å². The first-order valence-corrected chi connectivity index (χ1v) is 5.16. The van der Waals surface area contributed by atoms with Crippen molar-refractivity contribution in [3.63, 3.8) is 0 Å². The summed E-state index contributed by atoms with van der Waals surface area (Å²) in [5.74, 6) is 1.56. The zero-order chi connectivity index (χ0) is 10.4. The second-order valence-electron chi connectivity index (χ2n) is 4.26. The van der Waals surface area contributed by atoms with Gasteiger partial charge in [-0.1, -0.05) is 0 Å². The Morgan fingerprint density at radius 3 is 2.87 bits per heavy atom. The minimum Gasteiger partial charge on any atom is -0.454 e. The number of aliphatic hydroxyl groups is 1. The zero-order valence-electron chi connectivity index (χ0n) is 8.62. The number of fused-ring (bicyclic) bond motifs is 2. The van der Waals surface area contributed by atoms with Gasteiger partial charge >= 0.3 is 0 Å². The highest BCUT2D eigenvalue weighted by atomic mass is 16.7. The molecule has 3 rings (SSSR count). The number of ether oxygens (including phenoxy) is 2. The molecule has 1 aromatic rings. The average molecular weight is 208 g/mol. The van der Waals surface area contributed by atoms with Crippen LogP contribution in [0.4, 0.5) is 0 Å². The van der Waals surface area contributed by atoms with E-state index in [9.17, 15) is 5.11 Å². The van der Waals surface area contributed by atoms with E-state index in [-0.39, 0.29) is 12.9 Å². The second kappa shape index (κ2) is 3.12. The van der Waals surface area contributed by atoms with Crippen LogP contribution in [-0.4, -0.2) is 25.5 Å². The van der Waals surface area contributed by atoms with Gasteiger partial charge in [-0.3, -0.25) is 0 Å². The molecule has 2 atom stereocenters. The van der Waals surface area contributed by atoms with E-state index in [1.807, 2.05) is 12.1 Å². The highest BCUT2D eigenvalue weighted by Gasteiger charge is 2.28. The van der Waals surface area contributed by atoms with E-state index in [0.717, 1.165) is 35.7 Å². The molecule has 0 spiro atoms. The number of hydrogen-bond acceptors (Lipinski definition) is 3. The van der Waals surface area contributed by atoms with Gasteiger partial charge in [0.25, 0.3) is 0 Å². The Hall–Kier alpha value is -1.26. The molecule has 4 nitrogen and oxygen atoms in total. The molecule has 80 valence electrons. The van der Waals surface area contributed by atoms with Crippen LogP contribution in [0.15, 0.2) is 12.1 Å². The lowest BCUT2D eigenvalue weighted by Crippen LogP contribution is -3.09. The second-order valence-corrected chi connectivity index (χ2v) is 4.26. The van der Waals surface area contributed by atoms with Crippen LogP contribution in [0.5, 0.6) is 11.5 Å². The first kappa shape index (κ1) is 9.00. The normalized spacial score (nSPS) is 27.6. The Labute approximate surface area is 88.0 Å². The lowest BCUT2D eigenvalue weighted by atomic mass is 9.97. The molecular weight excluding hydrogens is 194 g/mol. The van der Waals surface area contributed by atoms with Crippen LogP contribution in [0.2, 0.25) is 0 Å². The topological polar surface area (TPSA) is 43.1 Å². The van der Waals surface area contributed by atoms with Crippen LogP contribution < -0.4 is 14.4 Å². The molecule has 2 heterocycles. The van der Waals surface area contributed by atoms with Crippen molar-refractivity contribution in [1.29, 1.82) is 0 Å². The van der Waals surface area contributed by atoms with Crippen molar-refractivity contribution in [2.24, 2.45) is 0 Å². The van der Waals surface area contributed by atoms with Crippen LogP contribution in [0, 0.1) is 0 Å². The molecule has 4 heteroatoms. The van der Waals surface area contributed by atoms with Crippen molar-refractivity contribution in [1.82, 2.24) is 0 Å². The highest BCUT2D eigenvalue weighted by Crippen LogP contribution is 2.37. The fraction of sp³-hybridized carbons (Fsp3) is 0.455. The summed E-state index contributed by atoms with van der Waals surface area (Å²) in [5, 5.41) is 9.95. The number of benzene rings is 1. The van der Waals surface area contributed by atoms with E-state index < -0.39 is 0 Å². The monoisotopic (exact) mass is 208 g/mol. The molecule has 1 aromatic carbocycles. The van der Waals surface area contributed by atoms with E-state index >= 15 is 0 Å². The Kier molecular flexibility index (Phi) is 1.87. The van der Waals surface area contributed by atoms with Gasteiger partial charge in [-0.05, 0) is 17.7 Å². The molecule has 0 fully saturated rings. The maximum Gasteiger partial charge on any atom is 0.231 e. The van der Waals surface area contributed by atoms with Crippen molar-refractivity contribution in [2.75, 3.05) is 20.4 Å². The predicted octanol–water partition coefficient (Wildman–Crippen LogP) is -0.523. The first-order chi connectivity index (χ1) is 7.24. The minimum absolute atomic E-state index is 0.289. The van der Waals surface area contributed by atoms with Crippen molar-refractivity contribution >= 4 is 0 Å². The number of aliphatic hydroxyl groups excluding tert-OH is 1. The minimum atomic E-state index is -0.386. The molecule has 2 aliphatic heterocycles. The number of hydrogen-bond donors (Lipinski definition) is 2. The molecule has 0 aliphatic carbocycles. The predicted molar refractivity (Wildman–Crippen MR) is 53.0 cm³/mol. The number of likely N-dealkylation sites (N-methyl/N-ethyl adjacent to an activating group) is 1. The Morgan fingerprint density at radius 1 is 1.33 bits per heavy atom. The first-order valence-electron chi connectivity index (χ1n) is 5.16. The van der Waals surface area contributed by atoms with Gasteiger partial charge in [-0.15, -0.1) is 0 Å². The molecule has 1 unspecified atom stereocenters. The maximum absolute atomic E-state index is 9.95. The molecule has 0 bridgehead atoms. The average Bonchev–Trinajstić information content (AvgIpc) is 2.61. The third-order valence-corrected chi connectivity index (χ3v) is 3.03. The summed E-state index contributed by atoms with van der Waals surface area (Å²) in [4.78, 5) is 1.31. The summed E-state index contributed by atoms with van der Waals surface area (Å²) < 4.78 is 10.6. The zero-order valence-corrected chi connectivity index (χ0v) is 8.62. The third kappa shape index (κ3) is 1.37. The number of rotatable bonds is 0. The van der Waals surface area contributed by atoms with E-state index in [1.54, 1.807) is 0 Å². The highest BCUT2D eigenvalue weighted by molar-refractivity contribution is 5.49. The van der Waals surface area contributed by atoms with Crippen LogP contribution >= 0.6 is 0 Å². The standard InChI is InChI=1S/C11H13NO3/c1-12-4-7-2-10-11(15-6-14-10)3-8(7)9(13)5-12/h2-3,9,13H,4-6H2,1H3/p+1/t9-/m1/s1. The van der Waals surface area contributed by atoms with Crippen molar-refractivity contribution in [3.8, 4) is 11.5 Å². The van der Waals surface area contributed by atoms with Gasteiger partial charge in [-0.2, -0.15) is 0 Å². The van der Waals surface area contributed by atoms with Gasteiger partial charge < -0.3 is 19.5 Å². The van der Waals surface area contributed by atoms with Crippen molar-refractivity contribution in [3.05, 3.63) is 23.3 Å². The van der Waals surface area contributed by atoms with Crippen LogP contribution in [0.1, 0.15) is 17.2 Å². The third-order valence-electron chi connectivity index (χ3n) is 3.03. The van der Waals surface area contributed by atoms with E-state index in [2.05, 4.69) is 7.05 Å². The Bertz CT molecular complexity index is 405. The van der Waals surface area contributed by atoms with Gasteiger partial charge in [-0.25, -0.2) is 0 Å². The van der Waals surface area contributed by atoms with E-state index in [4.69, 9.17) is 9.47 Å². The fourth-order valence-corrected chi connectivity index (χ4v) is 2.30. The molecule has 0 radical (unpaired) electrons. The van der Waals surface area contributed by atoms with Gasteiger partial charge in [0, 0.05) is 5.56 Å². The molecule has 2 N–H and O–H groups in total. The molecule has 2 aliphatic rings. The maximum atomic E-state index is 9.95. The van der Waals surface area contributed by atoms with Crippen molar-refractivity contribution in [2.45, 2.75) is 12.6 Å². The SMILES string of the molecule is C[NH+]1Cc2cc3c(cc2[C@H](O)C1)OCO3. The van der Waals surface area contributed by atoms with Crippen LogP contribution in [-0.2, 0) is 6.54 Å². The number of quaternary nitrogens is 1. The van der Waals surface area contributed by atoms with E-state index in [1.165, 1.54) is 4.90 Å². The molecule has 0 saturated carbocycles. The summed E-state index contributed by atoms with van der Waals surface area (Å²) in [6.07, 6.45) is -0.386. The van der Waals surface area contributed by atoms with E-state index in [0.29, 0.717) is 0 Å². The quantitative estimate of drug-likeness (QED) is 0.603. The van der Waals surface area contributed by atoms with Gasteiger partial charge in [0.05, 0.1) is 7.05 Å². The molecule has 0 saturated heterocycles. The van der Waals surface area contributed by atoms with Gasteiger partial charge in [0.15, 0.2) is 11.5 Å². The summed E-state index contributed by atoms with van der Waals surface area (Å²) in [5.41, 5.74) is 2.15. The summed E-state index contributed by atoms with van der Waals surface area (Å²) >= 11 is 0. The summed E-state index contributed by atoms with van der Waals surface area (Å²) in [6, 6.07) is 3.90. The summed E-state index contributed by atoms with van der Waals surface area (Å²) in [7, 11) is 2.08. The fourth-order valence-electron chi connectivity index (χ4n) is 2.30. The molecule has 0 aromatic heterocycles. The smallest absolute Gasteiger partial charge is 0.231 e. The molecule has 0 amide bonds.